The molecule has 1 aliphatic heterocycles. The van der Waals surface area contributed by atoms with E-state index in [2.05, 4.69) is 205 Å². The monoisotopic (exact) mass is 687 g/mol. The highest BCUT2D eigenvalue weighted by Gasteiger charge is 2.26. The molecule has 11 rings (SSSR count). The smallest absolute Gasteiger partial charge is 0.136 e. The Morgan fingerprint density at radius 3 is 1.57 bits per heavy atom. The van der Waals surface area contributed by atoms with Gasteiger partial charge >= 0.3 is 0 Å². The first-order valence-electron chi connectivity index (χ1n) is 18.5. The summed E-state index contributed by atoms with van der Waals surface area (Å²) in [5.41, 5.74) is 10.3. The maximum absolute atomic E-state index is 6.82. The minimum Gasteiger partial charge on any atom is -0.456 e. The summed E-state index contributed by atoms with van der Waals surface area (Å²) in [4.78, 5) is 2.36. The van der Waals surface area contributed by atoms with Crippen LogP contribution < -0.4 is 9.64 Å². The van der Waals surface area contributed by atoms with Crippen LogP contribution in [0.2, 0.25) is 0 Å². The second-order valence-electron chi connectivity index (χ2n) is 14.0. The van der Waals surface area contributed by atoms with Gasteiger partial charge in [0.1, 0.15) is 11.5 Å². The van der Waals surface area contributed by atoms with Gasteiger partial charge in [-0.3, -0.25) is 0 Å². The van der Waals surface area contributed by atoms with Crippen molar-refractivity contribution >= 4 is 60.2 Å². The molecule has 0 amide bonds. The van der Waals surface area contributed by atoms with Gasteiger partial charge in [-0.1, -0.05) is 152 Å². The van der Waals surface area contributed by atoms with E-state index in [4.69, 9.17) is 4.74 Å². The van der Waals surface area contributed by atoms with Gasteiger partial charge in [0.15, 0.2) is 0 Å². The molecule has 0 N–H and O–H groups in total. The van der Waals surface area contributed by atoms with Gasteiger partial charge in [0.2, 0.25) is 0 Å². The van der Waals surface area contributed by atoms with Crippen molar-refractivity contribution in [3.05, 3.63) is 200 Å². The van der Waals surface area contributed by atoms with Crippen LogP contribution in [0.3, 0.4) is 0 Å². The number of anilines is 3. The first kappa shape index (κ1) is 30.5. The third-order valence-corrected chi connectivity index (χ3v) is 11.0. The Morgan fingerprint density at radius 1 is 0.315 bits per heavy atom. The van der Waals surface area contributed by atoms with Gasteiger partial charge in [0, 0.05) is 27.7 Å². The van der Waals surface area contributed by atoms with Crippen molar-refractivity contribution in [1.29, 1.82) is 0 Å². The maximum atomic E-state index is 6.82. The lowest BCUT2D eigenvalue weighted by Gasteiger charge is -2.30. The van der Waals surface area contributed by atoms with Gasteiger partial charge in [-0.2, -0.15) is 0 Å². The van der Waals surface area contributed by atoms with E-state index >= 15 is 0 Å². The largest absolute Gasteiger partial charge is 0.456 e. The number of hydrogen-bond acceptors (Lipinski definition) is 2. The molecular formula is C52H33NO. The molecule has 0 aromatic heterocycles. The van der Waals surface area contributed by atoms with Crippen LogP contribution in [0.4, 0.5) is 17.1 Å². The fourth-order valence-electron chi connectivity index (χ4n) is 8.61. The normalized spacial score (nSPS) is 11.9. The maximum Gasteiger partial charge on any atom is 0.136 e. The number of benzene rings is 10. The lowest BCUT2D eigenvalue weighted by Crippen LogP contribution is -2.11. The van der Waals surface area contributed by atoms with Gasteiger partial charge in [0.25, 0.3) is 0 Å². The predicted octanol–water partition coefficient (Wildman–Crippen LogP) is 14.9. The van der Waals surface area contributed by atoms with Crippen molar-refractivity contribution in [2.45, 2.75) is 0 Å². The third kappa shape index (κ3) is 4.74. The van der Waals surface area contributed by atoms with Crippen LogP contribution in [0.25, 0.3) is 76.5 Å². The molecule has 252 valence electrons. The molecule has 0 spiro atoms. The Kier molecular flexibility index (Phi) is 6.90. The van der Waals surface area contributed by atoms with E-state index in [1.54, 1.807) is 0 Å². The van der Waals surface area contributed by atoms with Crippen LogP contribution in [0.15, 0.2) is 200 Å². The van der Waals surface area contributed by atoms with Crippen molar-refractivity contribution in [2.75, 3.05) is 4.90 Å². The summed E-state index contributed by atoms with van der Waals surface area (Å²) in [6, 6.07) is 72.0. The van der Waals surface area contributed by atoms with Gasteiger partial charge in [-0.15, -0.1) is 0 Å². The van der Waals surface area contributed by atoms with Crippen molar-refractivity contribution < 1.29 is 4.74 Å². The molecule has 0 saturated carbocycles. The summed E-state index contributed by atoms with van der Waals surface area (Å²) < 4.78 is 6.82. The number of hydrogen-bond donors (Lipinski definition) is 0. The van der Waals surface area contributed by atoms with Crippen LogP contribution in [0.5, 0.6) is 11.5 Å². The number of fused-ring (bicyclic) bond motifs is 8. The standard InChI is InChI=1S/C52H33NO/c1-3-13-34(14-4-1)35-25-28-38(29-26-35)53(37-15-5-2-6-16-37)48-31-32-50-52-45(48)22-11-23-46(52)51-39(21-12-24-49(51)54-50)36-27-30-44-42-19-8-7-17-40(42)41-18-9-10-20-43(41)47(44)33-36/h1-33H. The summed E-state index contributed by atoms with van der Waals surface area (Å²) in [6.07, 6.45) is 0. The molecule has 1 aliphatic rings. The van der Waals surface area contributed by atoms with Crippen LogP contribution >= 0.6 is 0 Å². The Balaban J connectivity index is 1.10. The highest BCUT2D eigenvalue weighted by Crippen LogP contribution is 2.53. The Labute approximate surface area is 313 Å². The Bertz CT molecular complexity index is 3020. The summed E-state index contributed by atoms with van der Waals surface area (Å²) in [5, 5.41) is 9.89. The van der Waals surface area contributed by atoms with Gasteiger partial charge < -0.3 is 9.64 Å². The molecule has 0 bridgehead atoms. The predicted molar refractivity (Wildman–Crippen MR) is 228 cm³/mol. The molecule has 10 aromatic rings. The fraction of sp³-hybridized carbons (Fsp3) is 0. The number of para-hydroxylation sites is 1. The lowest BCUT2D eigenvalue weighted by atomic mass is 9.87. The molecule has 0 fully saturated rings. The van der Waals surface area contributed by atoms with Crippen molar-refractivity contribution in [1.82, 2.24) is 0 Å². The number of ether oxygens (including phenoxy) is 1. The molecule has 1 heterocycles. The van der Waals surface area contributed by atoms with Gasteiger partial charge in [0.05, 0.1) is 5.69 Å². The van der Waals surface area contributed by atoms with E-state index in [1.165, 1.54) is 54.6 Å². The zero-order chi connectivity index (χ0) is 35.6. The Morgan fingerprint density at radius 2 is 0.852 bits per heavy atom. The van der Waals surface area contributed by atoms with Crippen LogP contribution in [0, 0.1) is 0 Å². The first-order chi connectivity index (χ1) is 26.8. The minimum atomic E-state index is 0.873. The number of rotatable bonds is 5. The van der Waals surface area contributed by atoms with Gasteiger partial charge in [-0.05, 0) is 109 Å². The minimum absolute atomic E-state index is 0.873. The summed E-state index contributed by atoms with van der Waals surface area (Å²) in [7, 11) is 0. The fourth-order valence-corrected chi connectivity index (χ4v) is 8.61. The van der Waals surface area contributed by atoms with E-state index < -0.39 is 0 Å². The number of nitrogens with zero attached hydrogens (tertiary/aromatic N) is 1. The quantitative estimate of drug-likeness (QED) is 0.167. The van der Waals surface area contributed by atoms with E-state index in [9.17, 15) is 0 Å². The van der Waals surface area contributed by atoms with E-state index in [-0.39, 0.29) is 0 Å². The lowest BCUT2D eigenvalue weighted by molar-refractivity contribution is 0.487. The zero-order valence-electron chi connectivity index (χ0n) is 29.4. The molecule has 2 nitrogen and oxygen atoms in total. The molecule has 0 saturated heterocycles. The second kappa shape index (κ2) is 12.2. The van der Waals surface area contributed by atoms with Crippen molar-refractivity contribution in [2.24, 2.45) is 0 Å². The topological polar surface area (TPSA) is 12.5 Å². The summed E-state index contributed by atoms with van der Waals surface area (Å²) >= 11 is 0. The molecule has 10 aromatic carbocycles. The van der Waals surface area contributed by atoms with E-state index in [1.807, 2.05) is 0 Å². The molecule has 0 unspecified atom stereocenters. The molecule has 54 heavy (non-hydrogen) atoms. The van der Waals surface area contributed by atoms with E-state index in [0.29, 0.717) is 0 Å². The highest BCUT2D eigenvalue weighted by atomic mass is 16.5. The second-order valence-corrected chi connectivity index (χ2v) is 14.0. The zero-order valence-corrected chi connectivity index (χ0v) is 29.4. The van der Waals surface area contributed by atoms with E-state index in [0.717, 1.165) is 50.5 Å². The molecule has 0 atom stereocenters. The first-order valence-corrected chi connectivity index (χ1v) is 18.5. The SMILES string of the molecule is c1ccc(-c2ccc(N(c3ccccc3)c3ccc4c5c(cccc35)-c3c(cccc3-c3ccc5c6ccccc6c6ccccc6c5c3)O4)cc2)cc1. The van der Waals surface area contributed by atoms with Crippen molar-refractivity contribution in [3.63, 3.8) is 0 Å². The third-order valence-electron chi connectivity index (χ3n) is 11.0. The van der Waals surface area contributed by atoms with Gasteiger partial charge in [-0.25, -0.2) is 0 Å². The molecule has 0 aliphatic carbocycles. The molecule has 0 radical (unpaired) electrons. The Hall–Kier alpha value is -7.16. The average molecular weight is 688 g/mol. The molecular weight excluding hydrogens is 655 g/mol. The average Bonchev–Trinajstić information content (AvgIpc) is 3.25. The van der Waals surface area contributed by atoms with Crippen LogP contribution in [0.1, 0.15) is 0 Å². The summed E-state index contributed by atoms with van der Waals surface area (Å²) in [6.45, 7) is 0. The van der Waals surface area contributed by atoms with Crippen LogP contribution in [-0.2, 0) is 0 Å². The van der Waals surface area contributed by atoms with Crippen molar-refractivity contribution in [3.8, 4) is 44.9 Å². The summed E-state index contributed by atoms with van der Waals surface area (Å²) in [5.74, 6) is 1.75. The van der Waals surface area contributed by atoms with Crippen LogP contribution in [-0.4, -0.2) is 0 Å². The highest BCUT2D eigenvalue weighted by molar-refractivity contribution is 6.26. The molecule has 2 heteroatoms.